The van der Waals surface area contributed by atoms with Gasteiger partial charge in [0.25, 0.3) is 5.91 Å². The van der Waals surface area contributed by atoms with Gasteiger partial charge in [0.1, 0.15) is 5.69 Å². The van der Waals surface area contributed by atoms with Crippen LogP contribution >= 0.6 is 0 Å². The van der Waals surface area contributed by atoms with E-state index in [-0.39, 0.29) is 11.9 Å². The Morgan fingerprint density at radius 3 is 2.55 bits per heavy atom. The number of pyridine rings is 1. The third-order valence-electron chi connectivity index (χ3n) is 5.91. The maximum Gasteiger partial charge on any atom is 0.252 e. The summed E-state index contributed by atoms with van der Waals surface area (Å²) in [4.78, 5) is 20.4. The standard InChI is InChI=1S/C26H25N3O2/c30-26(27-20-12-14-29(15-13-20)18-19-7-2-1-3-8-19)22-17-24(25-11-6-16-31-25)28-23-10-5-4-9-21(22)23/h1-11,16-17,20H,12-15,18H2,(H,27,30). The first-order valence-electron chi connectivity index (χ1n) is 10.8. The zero-order chi connectivity index (χ0) is 21.0. The van der Waals surface area contributed by atoms with Crippen molar-refractivity contribution in [3.63, 3.8) is 0 Å². The number of likely N-dealkylation sites (tertiary alicyclic amines) is 1. The first-order valence-corrected chi connectivity index (χ1v) is 10.8. The van der Waals surface area contributed by atoms with Crippen molar-refractivity contribution in [3.8, 4) is 11.5 Å². The lowest BCUT2D eigenvalue weighted by Crippen LogP contribution is -2.44. The molecule has 2 aromatic heterocycles. The molecule has 1 aliphatic heterocycles. The van der Waals surface area contributed by atoms with E-state index in [1.807, 2.05) is 48.5 Å². The summed E-state index contributed by atoms with van der Waals surface area (Å²) in [6.07, 6.45) is 3.52. The predicted octanol–water partition coefficient (Wildman–Crippen LogP) is 4.89. The molecule has 3 heterocycles. The predicted molar refractivity (Wildman–Crippen MR) is 122 cm³/mol. The van der Waals surface area contributed by atoms with Gasteiger partial charge >= 0.3 is 0 Å². The number of nitrogens with zero attached hydrogens (tertiary/aromatic N) is 2. The Morgan fingerprint density at radius 2 is 1.77 bits per heavy atom. The summed E-state index contributed by atoms with van der Waals surface area (Å²) in [5.74, 6) is 0.613. The molecule has 5 nitrogen and oxygen atoms in total. The van der Waals surface area contributed by atoms with E-state index < -0.39 is 0 Å². The summed E-state index contributed by atoms with van der Waals surface area (Å²) in [5, 5.41) is 4.12. The highest BCUT2D eigenvalue weighted by Gasteiger charge is 2.23. The molecule has 0 spiro atoms. The summed E-state index contributed by atoms with van der Waals surface area (Å²) < 4.78 is 5.51. The van der Waals surface area contributed by atoms with E-state index in [9.17, 15) is 4.79 Å². The number of hydrogen-bond donors (Lipinski definition) is 1. The van der Waals surface area contributed by atoms with Gasteiger partial charge in [-0.15, -0.1) is 0 Å². The molecular formula is C26H25N3O2. The molecule has 0 unspecified atom stereocenters. The molecule has 5 rings (SSSR count). The molecule has 5 heteroatoms. The lowest BCUT2D eigenvalue weighted by Gasteiger charge is -2.32. The maximum atomic E-state index is 13.2. The largest absolute Gasteiger partial charge is 0.463 e. The van der Waals surface area contributed by atoms with Gasteiger partial charge in [-0.1, -0.05) is 48.5 Å². The number of nitrogens with one attached hydrogen (secondary N) is 1. The highest BCUT2D eigenvalue weighted by Crippen LogP contribution is 2.25. The quantitative estimate of drug-likeness (QED) is 0.508. The lowest BCUT2D eigenvalue weighted by molar-refractivity contribution is 0.0910. The highest BCUT2D eigenvalue weighted by atomic mass is 16.3. The lowest BCUT2D eigenvalue weighted by atomic mass is 10.0. The number of benzene rings is 2. The van der Waals surface area contributed by atoms with E-state index >= 15 is 0 Å². The third kappa shape index (κ3) is 4.37. The van der Waals surface area contributed by atoms with Crippen molar-refractivity contribution in [2.45, 2.75) is 25.4 Å². The summed E-state index contributed by atoms with van der Waals surface area (Å²) >= 11 is 0. The molecule has 1 fully saturated rings. The van der Waals surface area contributed by atoms with Crippen molar-refractivity contribution < 1.29 is 9.21 Å². The van der Waals surface area contributed by atoms with Crippen LogP contribution < -0.4 is 5.32 Å². The molecule has 1 amide bonds. The number of amides is 1. The Kier molecular flexibility index (Phi) is 5.50. The second kappa shape index (κ2) is 8.74. The number of furan rings is 1. The van der Waals surface area contributed by atoms with Crippen molar-refractivity contribution in [2.75, 3.05) is 13.1 Å². The summed E-state index contributed by atoms with van der Waals surface area (Å²) in [6.45, 7) is 2.92. The minimum absolute atomic E-state index is 0.0482. The molecular weight excluding hydrogens is 386 g/mol. The molecule has 156 valence electrons. The average molecular weight is 412 g/mol. The topological polar surface area (TPSA) is 58.4 Å². The number of carbonyl (C=O) groups excluding carboxylic acids is 1. The molecule has 0 atom stereocenters. The molecule has 1 aliphatic rings. The Balaban J connectivity index is 1.30. The smallest absolute Gasteiger partial charge is 0.252 e. The van der Waals surface area contributed by atoms with Gasteiger partial charge in [0.05, 0.1) is 17.3 Å². The van der Waals surface area contributed by atoms with Crippen LogP contribution in [-0.2, 0) is 6.54 Å². The fourth-order valence-corrected chi connectivity index (χ4v) is 4.25. The molecule has 0 saturated carbocycles. The zero-order valence-electron chi connectivity index (χ0n) is 17.3. The number of piperidine rings is 1. The summed E-state index contributed by atoms with van der Waals surface area (Å²) in [6, 6.07) is 24.0. The molecule has 0 aliphatic carbocycles. The zero-order valence-corrected chi connectivity index (χ0v) is 17.3. The van der Waals surface area contributed by atoms with Gasteiger partial charge in [0.2, 0.25) is 0 Å². The number of aromatic nitrogens is 1. The molecule has 0 bridgehead atoms. The second-order valence-electron chi connectivity index (χ2n) is 8.06. The van der Waals surface area contributed by atoms with E-state index in [1.165, 1.54) is 5.56 Å². The van der Waals surface area contributed by atoms with Crippen molar-refractivity contribution >= 4 is 16.8 Å². The average Bonchev–Trinajstić information content (AvgIpc) is 3.35. The van der Waals surface area contributed by atoms with Crippen molar-refractivity contribution in [1.29, 1.82) is 0 Å². The molecule has 0 radical (unpaired) electrons. The van der Waals surface area contributed by atoms with Gasteiger partial charge in [0.15, 0.2) is 5.76 Å². The van der Waals surface area contributed by atoms with Crippen LogP contribution in [0.5, 0.6) is 0 Å². The van der Waals surface area contributed by atoms with Crippen LogP contribution in [-0.4, -0.2) is 34.9 Å². The van der Waals surface area contributed by atoms with E-state index in [0.29, 0.717) is 17.0 Å². The van der Waals surface area contributed by atoms with Gasteiger partial charge < -0.3 is 9.73 Å². The minimum atomic E-state index is -0.0482. The number of carbonyl (C=O) groups is 1. The maximum absolute atomic E-state index is 13.2. The monoisotopic (exact) mass is 411 g/mol. The van der Waals surface area contributed by atoms with E-state index in [1.54, 1.807) is 6.26 Å². The van der Waals surface area contributed by atoms with Crippen LogP contribution in [0.15, 0.2) is 83.5 Å². The third-order valence-corrected chi connectivity index (χ3v) is 5.91. The number of rotatable bonds is 5. The number of fused-ring (bicyclic) bond motifs is 1. The van der Waals surface area contributed by atoms with Gasteiger partial charge in [-0.25, -0.2) is 4.98 Å². The Morgan fingerprint density at radius 1 is 1.00 bits per heavy atom. The van der Waals surface area contributed by atoms with Crippen LogP contribution in [0, 0.1) is 0 Å². The summed E-state index contributed by atoms with van der Waals surface area (Å²) in [7, 11) is 0. The first kappa shape index (κ1) is 19.5. The van der Waals surface area contributed by atoms with Gasteiger partial charge in [0, 0.05) is 31.1 Å². The minimum Gasteiger partial charge on any atom is -0.463 e. The van der Waals surface area contributed by atoms with Crippen LogP contribution in [0.1, 0.15) is 28.8 Å². The molecule has 31 heavy (non-hydrogen) atoms. The Bertz CT molecular complexity index is 1160. The van der Waals surface area contributed by atoms with Crippen LogP contribution in [0.3, 0.4) is 0 Å². The second-order valence-corrected chi connectivity index (χ2v) is 8.06. The van der Waals surface area contributed by atoms with Crippen molar-refractivity contribution in [1.82, 2.24) is 15.2 Å². The van der Waals surface area contributed by atoms with Crippen molar-refractivity contribution in [3.05, 3.63) is 90.2 Å². The van der Waals surface area contributed by atoms with Crippen LogP contribution in [0.25, 0.3) is 22.4 Å². The Labute approximate surface area is 181 Å². The van der Waals surface area contributed by atoms with E-state index in [2.05, 4.69) is 39.5 Å². The Hall–Kier alpha value is -3.44. The van der Waals surface area contributed by atoms with Gasteiger partial charge in [-0.05, 0) is 42.7 Å². The molecule has 1 saturated heterocycles. The SMILES string of the molecule is O=C(NC1CCN(Cc2ccccc2)CC1)c1cc(-c2ccco2)nc2ccccc12. The van der Waals surface area contributed by atoms with Crippen molar-refractivity contribution in [2.24, 2.45) is 0 Å². The highest BCUT2D eigenvalue weighted by molar-refractivity contribution is 6.07. The fraction of sp³-hybridized carbons (Fsp3) is 0.231. The van der Waals surface area contributed by atoms with Gasteiger partial charge in [-0.2, -0.15) is 0 Å². The molecule has 2 aromatic carbocycles. The molecule has 4 aromatic rings. The first-order chi connectivity index (χ1) is 15.3. The number of para-hydroxylation sites is 1. The molecule has 1 N–H and O–H groups in total. The van der Waals surface area contributed by atoms with E-state index in [4.69, 9.17) is 4.42 Å². The van der Waals surface area contributed by atoms with E-state index in [0.717, 1.165) is 43.4 Å². The van der Waals surface area contributed by atoms with Gasteiger partial charge in [-0.3, -0.25) is 9.69 Å². The normalized spacial score (nSPS) is 15.2. The number of hydrogen-bond acceptors (Lipinski definition) is 4. The van der Waals surface area contributed by atoms with Crippen LogP contribution in [0.2, 0.25) is 0 Å². The fourth-order valence-electron chi connectivity index (χ4n) is 4.25. The van der Waals surface area contributed by atoms with Crippen LogP contribution in [0.4, 0.5) is 0 Å². The summed E-state index contributed by atoms with van der Waals surface area (Å²) in [5.41, 5.74) is 3.44.